The van der Waals surface area contributed by atoms with Crippen molar-refractivity contribution in [3.8, 4) is 11.4 Å². The van der Waals surface area contributed by atoms with Gasteiger partial charge in [-0.2, -0.15) is 18.3 Å². The molecule has 0 saturated heterocycles. The van der Waals surface area contributed by atoms with E-state index < -0.39 is 11.7 Å². The number of halogens is 4. The van der Waals surface area contributed by atoms with Gasteiger partial charge in [0.25, 0.3) is 0 Å². The third-order valence-electron chi connectivity index (χ3n) is 3.00. The molecule has 1 N–H and O–H groups in total. The van der Waals surface area contributed by atoms with E-state index in [2.05, 4.69) is 31.1 Å². The number of H-pyrrole nitrogens is 1. The SMILES string of the molecule is FC(F)(F)c1cc(-c2n[nH]c(C3CC3)n2)ccc1Br. The molecule has 7 heteroatoms. The Morgan fingerprint density at radius 3 is 2.63 bits per heavy atom. The summed E-state index contributed by atoms with van der Waals surface area (Å²) in [7, 11) is 0. The molecule has 3 rings (SSSR count). The third-order valence-corrected chi connectivity index (χ3v) is 3.69. The number of aromatic nitrogens is 3. The van der Waals surface area contributed by atoms with Gasteiger partial charge in [0, 0.05) is 16.0 Å². The van der Waals surface area contributed by atoms with Gasteiger partial charge in [-0.1, -0.05) is 15.9 Å². The summed E-state index contributed by atoms with van der Waals surface area (Å²) in [5, 5.41) is 6.77. The molecule has 0 radical (unpaired) electrons. The summed E-state index contributed by atoms with van der Waals surface area (Å²) in [5.74, 6) is 1.45. The Kier molecular flexibility index (Phi) is 2.88. The Bertz CT molecular complexity index is 617. The lowest BCUT2D eigenvalue weighted by molar-refractivity contribution is -0.138. The molecule has 0 aliphatic heterocycles. The van der Waals surface area contributed by atoms with E-state index in [0.717, 1.165) is 24.7 Å². The van der Waals surface area contributed by atoms with Crippen LogP contribution in [0.5, 0.6) is 0 Å². The van der Waals surface area contributed by atoms with E-state index in [1.165, 1.54) is 6.07 Å². The highest BCUT2D eigenvalue weighted by atomic mass is 79.9. The number of benzene rings is 1. The maximum Gasteiger partial charge on any atom is 0.417 e. The Labute approximate surface area is 115 Å². The van der Waals surface area contributed by atoms with Crippen molar-refractivity contribution in [2.45, 2.75) is 24.9 Å². The summed E-state index contributed by atoms with van der Waals surface area (Å²) in [4.78, 5) is 4.25. The van der Waals surface area contributed by atoms with Gasteiger partial charge in [-0.15, -0.1) is 0 Å². The molecule has 19 heavy (non-hydrogen) atoms. The minimum absolute atomic E-state index is 0.0155. The molecule has 0 bridgehead atoms. The second-order valence-electron chi connectivity index (χ2n) is 4.51. The molecule has 0 unspecified atom stereocenters. The zero-order valence-corrected chi connectivity index (χ0v) is 11.2. The predicted molar refractivity (Wildman–Crippen MR) is 66.5 cm³/mol. The van der Waals surface area contributed by atoms with E-state index in [9.17, 15) is 13.2 Å². The highest BCUT2D eigenvalue weighted by Gasteiger charge is 2.33. The fourth-order valence-corrected chi connectivity index (χ4v) is 2.30. The molecule has 1 aromatic heterocycles. The van der Waals surface area contributed by atoms with Crippen LogP contribution in [0.2, 0.25) is 0 Å². The average molecular weight is 332 g/mol. The molecule has 1 saturated carbocycles. The predicted octanol–water partition coefficient (Wildman–Crippen LogP) is 4.13. The molecule has 0 spiro atoms. The highest BCUT2D eigenvalue weighted by molar-refractivity contribution is 9.10. The maximum absolute atomic E-state index is 12.8. The van der Waals surface area contributed by atoms with Gasteiger partial charge in [0.05, 0.1) is 5.56 Å². The minimum atomic E-state index is -4.40. The van der Waals surface area contributed by atoms with Crippen LogP contribution in [0.15, 0.2) is 22.7 Å². The first-order valence-corrected chi connectivity index (χ1v) is 6.54. The zero-order chi connectivity index (χ0) is 13.6. The molecule has 1 fully saturated rings. The van der Waals surface area contributed by atoms with E-state index in [0.29, 0.717) is 17.3 Å². The maximum atomic E-state index is 12.8. The summed E-state index contributed by atoms with van der Waals surface area (Å²) in [6, 6.07) is 3.99. The standard InChI is InChI=1S/C12H9BrF3N3/c13-9-4-3-7(5-8(9)12(14,15)16)11-17-10(18-19-11)6-1-2-6/h3-6H,1-2H2,(H,17,18,19). The van der Waals surface area contributed by atoms with E-state index in [1.54, 1.807) is 6.07 Å². The molecule has 1 aromatic carbocycles. The molecule has 0 atom stereocenters. The highest BCUT2D eigenvalue weighted by Crippen LogP contribution is 2.39. The third kappa shape index (κ3) is 2.51. The largest absolute Gasteiger partial charge is 0.417 e. The second kappa shape index (κ2) is 4.33. The Hall–Kier alpha value is -1.37. The van der Waals surface area contributed by atoms with Gasteiger partial charge in [-0.25, -0.2) is 4.98 Å². The Morgan fingerprint density at radius 2 is 2.00 bits per heavy atom. The van der Waals surface area contributed by atoms with Crippen molar-refractivity contribution in [2.75, 3.05) is 0 Å². The Morgan fingerprint density at radius 1 is 1.26 bits per heavy atom. The lowest BCUT2D eigenvalue weighted by Gasteiger charge is -2.09. The molecule has 1 aliphatic rings. The molecule has 1 aliphatic carbocycles. The van der Waals surface area contributed by atoms with Crippen LogP contribution in [-0.4, -0.2) is 15.2 Å². The van der Waals surface area contributed by atoms with Crippen molar-refractivity contribution in [1.82, 2.24) is 15.2 Å². The van der Waals surface area contributed by atoms with Crippen LogP contribution in [0, 0.1) is 0 Å². The number of nitrogens with zero attached hydrogens (tertiary/aromatic N) is 2. The van der Waals surface area contributed by atoms with E-state index in [4.69, 9.17) is 0 Å². The van der Waals surface area contributed by atoms with E-state index >= 15 is 0 Å². The molecule has 2 aromatic rings. The van der Waals surface area contributed by atoms with Crippen LogP contribution in [-0.2, 0) is 6.18 Å². The smallest absolute Gasteiger partial charge is 0.262 e. The minimum Gasteiger partial charge on any atom is -0.262 e. The number of rotatable bonds is 2. The van der Waals surface area contributed by atoms with Crippen LogP contribution >= 0.6 is 15.9 Å². The van der Waals surface area contributed by atoms with Gasteiger partial charge in [0.1, 0.15) is 5.82 Å². The molecule has 100 valence electrons. The quantitative estimate of drug-likeness (QED) is 0.898. The van der Waals surface area contributed by atoms with Crippen LogP contribution in [0.25, 0.3) is 11.4 Å². The number of hydrogen-bond acceptors (Lipinski definition) is 2. The average Bonchev–Trinajstić information content (AvgIpc) is 3.07. The van der Waals surface area contributed by atoms with Gasteiger partial charge in [0.2, 0.25) is 0 Å². The molecule has 1 heterocycles. The van der Waals surface area contributed by atoms with Gasteiger partial charge in [0.15, 0.2) is 5.82 Å². The molecule has 3 nitrogen and oxygen atoms in total. The van der Waals surface area contributed by atoms with Crippen LogP contribution in [0.1, 0.15) is 30.1 Å². The first kappa shape index (κ1) is 12.7. The van der Waals surface area contributed by atoms with E-state index in [1.807, 2.05) is 0 Å². The van der Waals surface area contributed by atoms with Crippen LogP contribution in [0.3, 0.4) is 0 Å². The molecular formula is C12H9BrF3N3. The van der Waals surface area contributed by atoms with Crippen LogP contribution in [0.4, 0.5) is 13.2 Å². The normalized spacial score (nSPS) is 15.8. The fraction of sp³-hybridized carbons (Fsp3) is 0.333. The molecule has 0 amide bonds. The number of hydrogen-bond donors (Lipinski definition) is 1. The number of alkyl halides is 3. The van der Waals surface area contributed by atoms with Gasteiger partial charge >= 0.3 is 6.18 Å². The fourth-order valence-electron chi connectivity index (χ4n) is 1.82. The Balaban J connectivity index is 1.99. The van der Waals surface area contributed by atoms with Gasteiger partial charge in [-0.05, 0) is 31.0 Å². The lowest BCUT2D eigenvalue weighted by Crippen LogP contribution is -2.06. The van der Waals surface area contributed by atoms with Gasteiger partial charge < -0.3 is 0 Å². The van der Waals surface area contributed by atoms with Crippen molar-refractivity contribution < 1.29 is 13.2 Å². The summed E-state index contributed by atoms with van der Waals surface area (Å²) >= 11 is 2.91. The zero-order valence-electron chi connectivity index (χ0n) is 9.63. The summed E-state index contributed by atoms with van der Waals surface area (Å²) in [5.41, 5.74) is -0.360. The van der Waals surface area contributed by atoms with Crippen LogP contribution < -0.4 is 0 Å². The van der Waals surface area contributed by atoms with Gasteiger partial charge in [-0.3, -0.25) is 5.10 Å². The van der Waals surface area contributed by atoms with E-state index in [-0.39, 0.29) is 4.47 Å². The van der Waals surface area contributed by atoms with Crippen molar-refractivity contribution in [3.05, 3.63) is 34.1 Å². The summed E-state index contributed by atoms with van der Waals surface area (Å²) in [6.45, 7) is 0. The van der Waals surface area contributed by atoms with Crippen molar-refractivity contribution in [3.63, 3.8) is 0 Å². The first-order valence-electron chi connectivity index (χ1n) is 5.74. The van der Waals surface area contributed by atoms with Crippen molar-refractivity contribution in [1.29, 1.82) is 0 Å². The number of nitrogens with one attached hydrogen (secondary N) is 1. The summed E-state index contributed by atoms with van der Waals surface area (Å²) in [6.07, 6.45) is -2.28. The number of aromatic amines is 1. The van der Waals surface area contributed by atoms with Crippen molar-refractivity contribution in [2.24, 2.45) is 0 Å². The molecular weight excluding hydrogens is 323 g/mol. The van der Waals surface area contributed by atoms with Crippen molar-refractivity contribution >= 4 is 15.9 Å². The topological polar surface area (TPSA) is 41.6 Å². The second-order valence-corrected chi connectivity index (χ2v) is 5.37. The lowest BCUT2D eigenvalue weighted by atomic mass is 10.1. The first-order chi connectivity index (χ1) is 8.95. The summed E-state index contributed by atoms with van der Waals surface area (Å²) < 4.78 is 38.4. The monoisotopic (exact) mass is 331 g/mol.